The molecule has 1 amide bonds. The molecule has 1 atom stereocenters. The quantitative estimate of drug-likeness (QED) is 0.602. The zero-order valence-electron chi connectivity index (χ0n) is 15.5. The molecule has 0 saturated heterocycles. The van der Waals surface area contributed by atoms with Gasteiger partial charge in [0.25, 0.3) is 0 Å². The van der Waals surface area contributed by atoms with E-state index in [2.05, 4.69) is 10.3 Å². The fraction of sp³-hybridized carbons (Fsp3) is 0.300. The van der Waals surface area contributed by atoms with Crippen LogP contribution < -0.4 is 5.32 Å². The van der Waals surface area contributed by atoms with E-state index < -0.39 is 17.0 Å². The monoisotopic (exact) mass is 407 g/mol. The normalized spacial score (nSPS) is 12.9. The second-order valence-electron chi connectivity index (χ2n) is 6.32. The highest BCUT2D eigenvalue weighted by Gasteiger charge is 2.31. The number of amides is 1. The summed E-state index contributed by atoms with van der Waals surface area (Å²) in [7, 11) is 0. The van der Waals surface area contributed by atoms with Gasteiger partial charge in [0, 0.05) is 6.54 Å². The number of aromatic nitrogens is 2. The lowest BCUT2D eigenvalue weighted by atomic mass is 10.2. The molecule has 0 saturated carbocycles. The van der Waals surface area contributed by atoms with Crippen LogP contribution in [0.1, 0.15) is 25.0 Å². The van der Waals surface area contributed by atoms with E-state index >= 15 is 0 Å². The van der Waals surface area contributed by atoms with Gasteiger partial charge in [-0.1, -0.05) is 42.1 Å². The molecule has 8 heteroatoms. The molecule has 0 bridgehead atoms. The maximum Gasteiger partial charge on any atom is 0.416 e. The number of nitrogens with zero attached hydrogens (tertiary/aromatic N) is 2. The van der Waals surface area contributed by atoms with Crippen LogP contribution in [0.25, 0.3) is 11.0 Å². The SMILES string of the molecule is CCNC(=O)C(C)Sc1nc2cc(C(F)(F)F)ccc2n1Cc1ccccc1. The number of halogens is 3. The summed E-state index contributed by atoms with van der Waals surface area (Å²) in [6.45, 7) is 4.55. The molecule has 0 aliphatic rings. The number of hydrogen-bond donors (Lipinski definition) is 1. The molecule has 0 spiro atoms. The van der Waals surface area contributed by atoms with Crippen LogP contribution in [0.2, 0.25) is 0 Å². The highest BCUT2D eigenvalue weighted by Crippen LogP contribution is 2.34. The third kappa shape index (κ3) is 4.49. The predicted octanol–water partition coefficient (Wildman–Crippen LogP) is 4.72. The van der Waals surface area contributed by atoms with Gasteiger partial charge in [-0.15, -0.1) is 0 Å². The molecule has 3 rings (SSSR count). The minimum Gasteiger partial charge on any atom is -0.355 e. The van der Waals surface area contributed by atoms with Crippen LogP contribution >= 0.6 is 11.8 Å². The number of thioether (sulfide) groups is 1. The van der Waals surface area contributed by atoms with Crippen LogP contribution in [0, 0.1) is 0 Å². The van der Waals surface area contributed by atoms with Crippen molar-refractivity contribution in [2.24, 2.45) is 0 Å². The van der Waals surface area contributed by atoms with E-state index in [0.29, 0.717) is 23.8 Å². The fourth-order valence-electron chi connectivity index (χ4n) is 2.82. The number of carbonyl (C=O) groups is 1. The van der Waals surface area contributed by atoms with E-state index in [9.17, 15) is 18.0 Å². The van der Waals surface area contributed by atoms with Gasteiger partial charge in [0.1, 0.15) is 0 Å². The maximum absolute atomic E-state index is 13.1. The van der Waals surface area contributed by atoms with Crippen molar-refractivity contribution in [2.75, 3.05) is 6.54 Å². The highest BCUT2D eigenvalue weighted by atomic mass is 32.2. The van der Waals surface area contributed by atoms with Crippen molar-refractivity contribution in [3.8, 4) is 0 Å². The third-order valence-electron chi connectivity index (χ3n) is 4.23. The summed E-state index contributed by atoms with van der Waals surface area (Å²) in [5.41, 5.74) is 1.12. The van der Waals surface area contributed by atoms with E-state index in [0.717, 1.165) is 17.7 Å². The lowest BCUT2D eigenvalue weighted by Crippen LogP contribution is -2.30. The number of fused-ring (bicyclic) bond motifs is 1. The van der Waals surface area contributed by atoms with Gasteiger partial charge in [-0.2, -0.15) is 13.2 Å². The van der Waals surface area contributed by atoms with Gasteiger partial charge < -0.3 is 9.88 Å². The van der Waals surface area contributed by atoms with E-state index in [4.69, 9.17) is 0 Å². The number of alkyl halides is 3. The summed E-state index contributed by atoms with van der Waals surface area (Å²) in [4.78, 5) is 16.5. The van der Waals surface area contributed by atoms with Crippen LogP contribution in [0.3, 0.4) is 0 Å². The first-order chi connectivity index (χ1) is 13.3. The molecular weight excluding hydrogens is 387 g/mol. The number of carbonyl (C=O) groups excluding carboxylic acids is 1. The second-order valence-corrected chi connectivity index (χ2v) is 7.63. The Morgan fingerprint density at radius 3 is 2.57 bits per heavy atom. The summed E-state index contributed by atoms with van der Waals surface area (Å²) in [6, 6.07) is 13.1. The lowest BCUT2D eigenvalue weighted by molar-refractivity contribution is -0.137. The minimum atomic E-state index is -4.43. The Morgan fingerprint density at radius 2 is 1.93 bits per heavy atom. The first-order valence-electron chi connectivity index (χ1n) is 8.85. The number of benzene rings is 2. The average molecular weight is 407 g/mol. The summed E-state index contributed by atoms with van der Waals surface area (Å²) in [5, 5.41) is 2.84. The first-order valence-corrected chi connectivity index (χ1v) is 9.73. The van der Waals surface area contributed by atoms with Crippen molar-refractivity contribution in [3.63, 3.8) is 0 Å². The van der Waals surface area contributed by atoms with Crippen molar-refractivity contribution in [1.29, 1.82) is 0 Å². The molecule has 2 aromatic carbocycles. The Labute approximate surface area is 165 Å². The number of nitrogens with one attached hydrogen (secondary N) is 1. The maximum atomic E-state index is 13.1. The number of hydrogen-bond acceptors (Lipinski definition) is 3. The molecule has 1 N–H and O–H groups in total. The van der Waals surface area contributed by atoms with Gasteiger partial charge in [0.2, 0.25) is 5.91 Å². The van der Waals surface area contributed by atoms with Gasteiger partial charge >= 0.3 is 6.18 Å². The van der Waals surface area contributed by atoms with Crippen LogP contribution in [-0.2, 0) is 17.5 Å². The topological polar surface area (TPSA) is 46.9 Å². The fourth-order valence-corrected chi connectivity index (χ4v) is 3.77. The number of imidazole rings is 1. The Hall–Kier alpha value is -2.48. The summed E-state index contributed by atoms with van der Waals surface area (Å²) in [6.07, 6.45) is -4.43. The zero-order chi connectivity index (χ0) is 20.3. The van der Waals surface area contributed by atoms with E-state index in [-0.39, 0.29) is 11.4 Å². The molecule has 0 fully saturated rings. The Morgan fingerprint density at radius 1 is 1.21 bits per heavy atom. The smallest absolute Gasteiger partial charge is 0.355 e. The van der Waals surface area contributed by atoms with E-state index in [1.165, 1.54) is 17.8 Å². The van der Waals surface area contributed by atoms with E-state index in [1.807, 2.05) is 41.8 Å². The minimum absolute atomic E-state index is 0.137. The lowest BCUT2D eigenvalue weighted by Gasteiger charge is -2.13. The zero-order valence-corrected chi connectivity index (χ0v) is 16.3. The van der Waals surface area contributed by atoms with Gasteiger partial charge in [-0.3, -0.25) is 4.79 Å². The standard InChI is InChI=1S/C20H20F3N3OS/c1-3-24-18(27)13(2)28-19-25-16-11-15(20(21,22)23)9-10-17(16)26(19)12-14-7-5-4-6-8-14/h4-11,13H,3,12H2,1-2H3,(H,24,27). The van der Waals surface area contributed by atoms with Crippen molar-refractivity contribution >= 4 is 28.7 Å². The molecule has 28 heavy (non-hydrogen) atoms. The predicted molar refractivity (Wildman–Crippen MR) is 104 cm³/mol. The average Bonchev–Trinajstić information content (AvgIpc) is 2.98. The highest BCUT2D eigenvalue weighted by molar-refractivity contribution is 8.00. The van der Waals surface area contributed by atoms with E-state index in [1.54, 1.807) is 6.92 Å². The molecule has 0 aliphatic heterocycles. The molecule has 4 nitrogen and oxygen atoms in total. The first kappa shape index (κ1) is 20.3. The van der Waals surface area contributed by atoms with Gasteiger partial charge in [0.15, 0.2) is 5.16 Å². The van der Waals surface area contributed by atoms with Crippen molar-refractivity contribution in [3.05, 3.63) is 59.7 Å². The van der Waals surface area contributed by atoms with Crippen LogP contribution in [0.4, 0.5) is 13.2 Å². The third-order valence-corrected chi connectivity index (χ3v) is 5.32. The van der Waals surface area contributed by atoms with Gasteiger partial charge in [-0.25, -0.2) is 4.98 Å². The molecule has 1 heterocycles. The molecule has 3 aromatic rings. The molecule has 0 aliphatic carbocycles. The van der Waals surface area contributed by atoms with Gasteiger partial charge in [0.05, 0.1) is 28.4 Å². The molecular formula is C20H20F3N3OS. The van der Waals surface area contributed by atoms with Crippen molar-refractivity contribution < 1.29 is 18.0 Å². The summed E-state index contributed by atoms with van der Waals surface area (Å²) >= 11 is 1.24. The molecule has 1 unspecified atom stereocenters. The Kier molecular flexibility index (Phi) is 5.98. The van der Waals surface area contributed by atoms with Crippen LogP contribution in [0.5, 0.6) is 0 Å². The van der Waals surface area contributed by atoms with Crippen LogP contribution in [0.15, 0.2) is 53.7 Å². The summed E-state index contributed by atoms with van der Waals surface area (Å²) < 4.78 is 41.1. The van der Waals surface area contributed by atoms with Gasteiger partial charge in [-0.05, 0) is 37.6 Å². The Balaban J connectivity index is 2.03. The Bertz CT molecular complexity index is 970. The number of rotatable bonds is 6. The second kappa shape index (κ2) is 8.26. The summed E-state index contributed by atoms with van der Waals surface area (Å²) in [5.74, 6) is -0.137. The van der Waals surface area contributed by atoms with Crippen molar-refractivity contribution in [1.82, 2.24) is 14.9 Å². The largest absolute Gasteiger partial charge is 0.416 e. The molecule has 1 aromatic heterocycles. The molecule has 0 radical (unpaired) electrons. The van der Waals surface area contributed by atoms with Crippen molar-refractivity contribution in [2.45, 2.75) is 37.0 Å². The molecule has 148 valence electrons. The van der Waals surface area contributed by atoms with Crippen LogP contribution in [-0.4, -0.2) is 27.3 Å².